The van der Waals surface area contributed by atoms with Gasteiger partial charge < -0.3 is 24.5 Å². The number of nitrogens with zero attached hydrogens (tertiary/aromatic N) is 3. The molecule has 2 saturated heterocycles. The number of carbonyl (C=O) groups excluding carboxylic acids is 3. The van der Waals surface area contributed by atoms with Crippen molar-refractivity contribution in [3.63, 3.8) is 0 Å². The summed E-state index contributed by atoms with van der Waals surface area (Å²) in [4.78, 5) is 48.3. The molecule has 2 fully saturated rings. The highest BCUT2D eigenvalue weighted by Crippen LogP contribution is 2.61. The second-order valence-corrected chi connectivity index (χ2v) is 13.2. The molecule has 1 unspecified atom stereocenters. The van der Waals surface area contributed by atoms with E-state index in [1.165, 1.54) is 11.8 Å². The van der Waals surface area contributed by atoms with Gasteiger partial charge in [-0.25, -0.2) is 0 Å². The first-order valence-corrected chi connectivity index (χ1v) is 15.9. The highest BCUT2D eigenvalue weighted by Gasteiger charge is 2.71. The molecule has 8 nitrogen and oxygen atoms in total. The van der Waals surface area contributed by atoms with E-state index in [1.54, 1.807) is 9.80 Å². The maximum atomic E-state index is 14.7. The molecule has 1 spiro atoms. The van der Waals surface area contributed by atoms with Gasteiger partial charge in [-0.2, -0.15) is 0 Å². The van der Waals surface area contributed by atoms with Crippen molar-refractivity contribution in [2.24, 2.45) is 17.8 Å². The van der Waals surface area contributed by atoms with Crippen LogP contribution in [0.25, 0.3) is 0 Å². The number of rotatable bonds is 7. The minimum atomic E-state index is -0.945. The Morgan fingerprint density at radius 2 is 1.80 bits per heavy atom. The lowest BCUT2D eigenvalue weighted by molar-refractivity contribution is -0.153. The lowest BCUT2D eigenvalue weighted by Crippen LogP contribution is -2.57. The summed E-state index contributed by atoms with van der Waals surface area (Å²) in [6, 6.07) is 6.58. The Hall–Kier alpha value is -2.78. The molecule has 1 aromatic carbocycles. The van der Waals surface area contributed by atoms with Gasteiger partial charge in [-0.3, -0.25) is 14.4 Å². The van der Waals surface area contributed by atoms with Crippen molar-refractivity contribution < 1.29 is 24.2 Å². The lowest BCUT2D eigenvalue weighted by Gasteiger charge is -2.39. The number of allylic oxidation sites excluding steroid dienone is 1. The van der Waals surface area contributed by atoms with Crippen LogP contribution in [0, 0.1) is 17.8 Å². The van der Waals surface area contributed by atoms with Crippen LogP contribution in [0.3, 0.4) is 0 Å². The van der Waals surface area contributed by atoms with E-state index in [0.717, 1.165) is 43.7 Å². The molecule has 4 heterocycles. The number of amides is 2. The third-order valence-corrected chi connectivity index (χ3v) is 10.9. The number of ether oxygens (including phenoxy) is 1. The highest BCUT2D eigenvalue weighted by atomic mass is 32.2. The van der Waals surface area contributed by atoms with Crippen LogP contribution in [0.5, 0.6) is 0 Å². The molecule has 4 aliphatic heterocycles. The fourth-order valence-electron chi connectivity index (χ4n) is 7.00. The summed E-state index contributed by atoms with van der Waals surface area (Å²) >= 11 is 1.54. The fraction of sp³-hybridized carbons (Fsp3) is 0.594. The van der Waals surface area contributed by atoms with E-state index < -0.39 is 28.7 Å². The fourth-order valence-corrected chi connectivity index (χ4v) is 8.99. The van der Waals surface area contributed by atoms with E-state index in [4.69, 9.17) is 4.74 Å². The van der Waals surface area contributed by atoms with Crippen LogP contribution in [-0.4, -0.2) is 82.7 Å². The second-order valence-electron chi connectivity index (χ2n) is 11.7. The average Bonchev–Trinajstić information content (AvgIpc) is 3.35. The van der Waals surface area contributed by atoms with E-state index in [2.05, 4.69) is 24.8 Å². The molecule has 222 valence electrons. The maximum absolute atomic E-state index is 14.7. The maximum Gasteiger partial charge on any atom is 0.311 e. The molecule has 6 atom stereocenters. The number of likely N-dealkylation sites (tertiary alicyclic amines) is 1. The number of carbonyl (C=O) groups is 3. The van der Waals surface area contributed by atoms with Gasteiger partial charge in [-0.1, -0.05) is 38.2 Å². The van der Waals surface area contributed by atoms with Crippen molar-refractivity contribution in [3.8, 4) is 0 Å². The van der Waals surface area contributed by atoms with E-state index in [9.17, 15) is 19.5 Å². The molecule has 2 amide bonds. The molecule has 5 rings (SSSR count). The summed E-state index contributed by atoms with van der Waals surface area (Å²) in [6.45, 7) is 10.3. The van der Waals surface area contributed by atoms with E-state index in [-0.39, 0.29) is 35.6 Å². The Balaban J connectivity index is 1.59. The van der Waals surface area contributed by atoms with Crippen molar-refractivity contribution >= 4 is 40.9 Å². The molecule has 0 aliphatic carbocycles. The Labute approximate surface area is 247 Å². The van der Waals surface area contributed by atoms with Crippen molar-refractivity contribution in [2.75, 3.05) is 42.6 Å². The number of thioether (sulfide) groups is 1. The summed E-state index contributed by atoms with van der Waals surface area (Å²) in [7, 11) is 0. The number of aliphatic hydroxyl groups excluding tert-OH is 1. The number of fused-ring (bicyclic) bond motifs is 2. The van der Waals surface area contributed by atoms with Crippen molar-refractivity contribution in [1.82, 2.24) is 4.90 Å². The molecule has 41 heavy (non-hydrogen) atoms. The number of hydrogen-bond donors (Lipinski definition) is 1. The van der Waals surface area contributed by atoms with Gasteiger partial charge in [0.05, 0.1) is 35.8 Å². The van der Waals surface area contributed by atoms with Crippen LogP contribution in [0.1, 0.15) is 47.0 Å². The summed E-state index contributed by atoms with van der Waals surface area (Å²) in [5.74, 6) is -2.34. The molecular formula is C32H43N3O5S. The number of benzene rings is 1. The van der Waals surface area contributed by atoms with Gasteiger partial charge in [0.1, 0.15) is 6.04 Å². The first kappa shape index (κ1) is 29.7. The number of anilines is 2. The van der Waals surface area contributed by atoms with Crippen molar-refractivity contribution in [2.45, 2.75) is 69.0 Å². The standard InChI is InChI=1S/C32H43N3O5S/c1-5-33(6-2)22-13-15-23(16-14-22)34-18-11-17-32-27(26-25(41-32)12-9-7-8-10-19-40-31(26)39)29(37)35(28(32)30(34)38)24(20-36)21(3)4/h9,11-17,21,24-28,36H,5-8,10,18-20H2,1-4H3/b12-9-/t24-,25-,26+,27-,28?,32-/m0/s1. The monoisotopic (exact) mass is 581 g/mol. The zero-order chi connectivity index (χ0) is 29.3. The van der Waals surface area contributed by atoms with Crippen molar-refractivity contribution in [1.29, 1.82) is 0 Å². The molecule has 0 radical (unpaired) electrons. The van der Waals surface area contributed by atoms with Gasteiger partial charge in [0.15, 0.2) is 0 Å². The van der Waals surface area contributed by atoms with E-state index in [1.807, 2.05) is 56.3 Å². The third-order valence-electron chi connectivity index (χ3n) is 9.14. The van der Waals surface area contributed by atoms with E-state index >= 15 is 0 Å². The summed E-state index contributed by atoms with van der Waals surface area (Å²) < 4.78 is 4.76. The molecule has 0 saturated carbocycles. The summed E-state index contributed by atoms with van der Waals surface area (Å²) in [5.41, 5.74) is 1.85. The lowest BCUT2D eigenvalue weighted by atomic mass is 9.78. The first-order valence-electron chi connectivity index (χ1n) is 15.1. The van der Waals surface area contributed by atoms with Crippen LogP contribution in [0.15, 0.2) is 48.6 Å². The SMILES string of the molecule is CCN(CC)c1ccc(N2CC=C[C@]34S[C@H]5/C=C\CCCCOC(=O)[C@H]5[C@H]3C(=O)N([C@@H](CO)C(C)C)C4C2=O)cc1. The topological polar surface area (TPSA) is 90.4 Å². The number of hydrogen-bond acceptors (Lipinski definition) is 7. The quantitative estimate of drug-likeness (QED) is 0.384. The molecule has 4 aliphatic rings. The van der Waals surface area contributed by atoms with Gasteiger partial charge in [0.2, 0.25) is 5.91 Å². The zero-order valence-corrected chi connectivity index (χ0v) is 25.4. The third kappa shape index (κ3) is 5.09. The van der Waals surface area contributed by atoms with Gasteiger partial charge in [0, 0.05) is 36.3 Å². The molecule has 0 bridgehead atoms. The van der Waals surface area contributed by atoms with Crippen LogP contribution in [-0.2, 0) is 19.1 Å². The van der Waals surface area contributed by atoms with Gasteiger partial charge >= 0.3 is 5.97 Å². The smallest absolute Gasteiger partial charge is 0.311 e. The number of aliphatic hydroxyl groups is 1. The van der Waals surface area contributed by atoms with Crippen molar-refractivity contribution in [3.05, 3.63) is 48.6 Å². The number of esters is 1. The Morgan fingerprint density at radius 3 is 2.46 bits per heavy atom. The van der Waals surface area contributed by atoms with E-state index in [0.29, 0.717) is 13.2 Å². The Morgan fingerprint density at radius 1 is 1.07 bits per heavy atom. The molecule has 1 aromatic rings. The predicted octanol–water partition coefficient (Wildman–Crippen LogP) is 4.03. The molecular weight excluding hydrogens is 538 g/mol. The van der Waals surface area contributed by atoms with Crippen LogP contribution >= 0.6 is 11.8 Å². The van der Waals surface area contributed by atoms with Crippen LogP contribution in [0.2, 0.25) is 0 Å². The first-order chi connectivity index (χ1) is 19.8. The largest absolute Gasteiger partial charge is 0.465 e. The minimum absolute atomic E-state index is 0.0849. The van der Waals surface area contributed by atoms with Crippen LogP contribution < -0.4 is 9.80 Å². The molecule has 1 N–H and O–H groups in total. The predicted molar refractivity (Wildman–Crippen MR) is 163 cm³/mol. The average molecular weight is 582 g/mol. The molecule has 0 aromatic heterocycles. The minimum Gasteiger partial charge on any atom is -0.465 e. The summed E-state index contributed by atoms with van der Waals surface area (Å²) in [5, 5.41) is 10.2. The van der Waals surface area contributed by atoms with Crippen LogP contribution in [0.4, 0.5) is 11.4 Å². The zero-order valence-electron chi connectivity index (χ0n) is 24.6. The Bertz CT molecular complexity index is 1200. The second kappa shape index (κ2) is 12.2. The van der Waals surface area contributed by atoms with Gasteiger partial charge in [-0.05, 0) is 63.3 Å². The Kier molecular flexibility index (Phi) is 8.85. The summed E-state index contributed by atoms with van der Waals surface area (Å²) in [6.07, 6.45) is 10.7. The van der Waals surface area contributed by atoms with Gasteiger partial charge in [0.25, 0.3) is 5.91 Å². The van der Waals surface area contributed by atoms with Gasteiger partial charge in [-0.15, -0.1) is 11.8 Å². The molecule has 9 heteroatoms. The normalized spacial score (nSPS) is 31.3. The highest BCUT2D eigenvalue weighted by molar-refractivity contribution is 8.02. The number of cyclic esters (lactones) is 1.